The molecular weight excluding hydrogens is 532 g/mol. The smallest absolute Gasteiger partial charge is 0.277 e. The summed E-state index contributed by atoms with van der Waals surface area (Å²) in [7, 11) is 1.23. The number of nitrogens with zero attached hydrogens (tertiary/aromatic N) is 6. The van der Waals surface area contributed by atoms with E-state index >= 15 is 4.39 Å². The molecule has 10 nitrogen and oxygen atoms in total. The minimum Gasteiger partial charge on any atom is -0.494 e. The summed E-state index contributed by atoms with van der Waals surface area (Å²) in [5.41, 5.74) is 12.4. The van der Waals surface area contributed by atoms with Crippen LogP contribution in [-0.4, -0.2) is 66.9 Å². The molecule has 0 spiro atoms. The molecule has 4 aromatic rings. The molecule has 1 aliphatic heterocycles. The number of anilines is 2. The first-order chi connectivity index (χ1) is 19.0. The zero-order valence-corrected chi connectivity index (χ0v) is 21.4. The summed E-state index contributed by atoms with van der Waals surface area (Å²) in [5, 5.41) is 10.4. The Balaban J connectivity index is 1.49. The quantitative estimate of drug-likeness (QED) is 0.315. The number of methoxy groups -OCH3 is 1. The highest BCUT2D eigenvalue weighted by molar-refractivity contribution is 5.81. The fourth-order valence-corrected chi connectivity index (χ4v) is 5.92. The lowest BCUT2D eigenvalue weighted by Gasteiger charge is -2.46. The largest absolute Gasteiger partial charge is 0.494 e. The van der Waals surface area contributed by atoms with E-state index < -0.39 is 41.7 Å². The van der Waals surface area contributed by atoms with Crippen molar-refractivity contribution < 1.29 is 27.4 Å². The molecule has 40 heavy (non-hydrogen) atoms. The number of aliphatic hydroxyl groups excluding tert-OH is 1. The van der Waals surface area contributed by atoms with E-state index in [2.05, 4.69) is 19.9 Å². The highest BCUT2D eigenvalue weighted by Crippen LogP contribution is 2.49. The van der Waals surface area contributed by atoms with Crippen molar-refractivity contribution in [3.05, 3.63) is 54.2 Å². The van der Waals surface area contributed by atoms with Gasteiger partial charge in [0.25, 0.3) is 5.92 Å². The number of hydrogen-bond donors (Lipinski definition) is 3. The van der Waals surface area contributed by atoms with Crippen LogP contribution in [0, 0.1) is 11.6 Å². The summed E-state index contributed by atoms with van der Waals surface area (Å²) in [6.07, 6.45) is 0.811. The van der Waals surface area contributed by atoms with Crippen molar-refractivity contribution in [2.24, 2.45) is 5.73 Å². The van der Waals surface area contributed by atoms with Crippen molar-refractivity contribution in [1.29, 1.82) is 0 Å². The maximum Gasteiger partial charge on any atom is 0.277 e. The molecule has 1 saturated carbocycles. The monoisotopic (exact) mass is 558 g/mol. The Morgan fingerprint density at radius 2 is 1.95 bits per heavy atom. The molecule has 1 saturated heterocycles. The van der Waals surface area contributed by atoms with Crippen LogP contribution in [-0.2, 0) is 6.54 Å². The number of hydrogen-bond acceptors (Lipinski definition) is 9. The zero-order valence-electron chi connectivity index (χ0n) is 21.4. The van der Waals surface area contributed by atoms with Crippen molar-refractivity contribution in [2.45, 2.75) is 49.4 Å². The van der Waals surface area contributed by atoms with E-state index in [9.17, 15) is 18.3 Å². The molecule has 5 N–H and O–H groups in total. The van der Waals surface area contributed by atoms with E-state index in [1.165, 1.54) is 25.8 Å². The van der Waals surface area contributed by atoms with Gasteiger partial charge in [0, 0.05) is 24.6 Å². The number of nitrogens with two attached hydrogens (primary N) is 2. The van der Waals surface area contributed by atoms with Crippen molar-refractivity contribution in [1.82, 2.24) is 24.5 Å². The van der Waals surface area contributed by atoms with Crippen molar-refractivity contribution in [3.63, 3.8) is 0 Å². The van der Waals surface area contributed by atoms with Crippen LogP contribution >= 0.6 is 0 Å². The summed E-state index contributed by atoms with van der Waals surface area (Å²) in [6, 6.07) is 4.14. The number of rotatable bonds is 5. The SMILES string of the molecule is COc1cc(F)c(-c2ccc(N3CCC[C@@]4(N)C3CC(F)(F)[C@@H]4O)c(Cn3cnc4c(N)ncnc43)n2)cc1F. The number of fused-ring (bicyclic) bond motifs is 2. The van der Waals surface area contributed by atoms with Gasteiger partial charge >= 0.3 is 0 Å². The number of aliphatic hydroxyl groups is 1. The molecule has 1 unspecified atom stereocenters. The second-order valence-corrected chi connectivity index (χ2v) is 10.2. The van der Waals surface area contributed by atoms with E-state index in [1.807, 2.05) is 0 Å². The van der Waals surface area contributed by atoms with E-state index in [0.29, 0.717) is 35.5 Å². The van der Waals surface area contributed by atoms with Crippen LogP contribution in [0.15, 0.2) is 36.9 Å². The van der Waals surface area contributed by atoms with E-state index in [0.717, 1.165) is 12.1 Å². The topological polar surface area (TPSA) is 141 Å². The lowest BCUT2D eigenvalue weighted by Crippen LogP contribution is -2.64. The Kier molecular flexibility index (Phi) is 6.07. The second-order valence-electron chi connectivity index (χ2n) is 10.2. The molecule has 0 radical (unpaired) electrons. The maximum absolute atomic E-state index is 15.0. The van der Waals surface area contributed by atoms with Gasteiger partial charge in [0.1, 0.15) is 23.8 Å². The van der Waals surface area contributed by atoms with Gasteiger partial charge in [-0.05, 0) is 31.0 Å². The number of benzene rings is 1. The van der Waals surface area contributed by atoms with E-state index in [1.54, 1.807) is 15.5 Å². The van der Waals surface area contributed by atoms with Gasteiger partial charge < -0.3 is 30.8 Å². The number of nitrogen functional groups attached to an aromatic ring is 1. The number of imidazole rings is 1. The molecule has 14 heteroatoms. The molecule has 3 aromatic heterocycles. The minimum atomic E-state index is -3.37. The van der Waals surface area contributed by atoms with Gasteiger partial charge in [-0.25, -0.2) is 37.5 Å². The first kappa shape index (κ1) is 26.2. The first-order valence-corrected chi connectivity index (χ1v) is 12.6. The molecule has 1 aliphatic carbocycles. The summed E-state index contributed by atoms with van der Waals surface area (Å²) >= 11 is 0. The van der Waals surface area contributed by atoms with E-state index in [4.69, 9.17) is 16.2 Å². The van der Waals surface area contributed by atoms with Crippen LogP contribution in [0.5, 0.6) is 5.75 Å². The standard InChI is InChI=1S/C26H26F4N8O2/c1-40-19-8-14(27)13(7-15(19)28)16-3-4-18(38-6-2-5-25(32)20(38)9-26(29,30)24(25)39)17(36-16)10-37-12-35-21-22(31)33-11-34-23(21)37/h3-4,7-8,11-12,20,24,39H,2,5-6,9-10,32H2,1H3,(H2,31,33,34)/t20?,24-,25-/m1/s1. The lowest BCUT2D eigenvalue weighted by atomic mass is 9.82. The van der Waals surface area contributed by atoms with Gasteiger partial charge in [-0.2, -0.15) is 0 Å². The second kappa shape index (κ2) is 9.27. The van der Waals surface area contributed by atoms with Gasteiger partial charge in [-0.1, -0.05) is 0 Å². The number of ether oxygens (including phenoxy) is 1. The van der Waals surface area contributed by atoms with Gasteiger partial charge in [0.2, 0.25) is 0 Å². The van der Waals surface area contributed by atoms with Crippen LogP contribution in [0.25, 0.3) is 22.4 Å². The highest BCUT2D eigenvalue weighted by Gasteiger charge is 2.64. The van der Waals surface area contributed by atoms with Gasteiger partial charge in [0.05, 0.1) is 48.6 Å². The third-order valence-electron chi connectivity index (χ3n) is 7.91. The van der Waals surface area contributed by atoms with Crippen LogP contribution in [0.4, 0.5) is 29.1 Å². The van der Waals surface area contributed by atoms with Gasteiger partial charge in [-0.15, -0.1) is 0 Å². The van der Waals surface area contributed by atoms with Crippen molar-refractivity contribution >= 4 is 22.7 Å². The van der Waals surface area contributed by atoms with Gasteiger partial charge in [-0.3, -0.25) is 0 Å². The van der Waals surface area contributed by atoms with Crippen molar-refractivity contribution in [3.8, 4) is 17.0 Å². The molecule has 6 rings (SSSR count). The number of aromatic nitrogens is 5. The molecule has 3 atom stereocenters. The molecule has 0 bridgehead atoms. The maximum atomic E-state index is 15.0. The predicted molar refractivity (Wildman–Crippen MR) is 138 cm³/mol. The Bertz CT molecular complexity index is 1620. The lowest BCUT2D eigenvalue weighted by molar-refractivity contribution is -0.104. The number of pyridine rings is 1. The third-order valence-corrected chi connectivity index (χ3v) is 7.91. The number of piperidine rings is 1. The average molecular weight is 559 g/mol. The van der Waals surface area contributed by atoms with Crippen LogP contribution < -0.4 is 21.1 Å². The van der Waals surface area contributed by atoms with Gasteiger partial charge in [0.15, 0.2) is 23.0 Å². The Morgan fingerprint density at radius 1 is 1.15 bits per heavy atom. The summed E-state index contributed by atoms with van der Waals surface area (Å²) in [6.45, 7) is 0.419. The first-order valence-electron chi connectivity index (χ1n) is 12.6. The molecule has 4 heterocycles. The summed E-state index contributed by atoms with van der Waals surface area (Å²) < 4.78 is 65.5. The fraction of sp³-hybridized carbons (Fsp3) is 0.385. The molecule has 210 valence electrons. The molecular formula is C26H26F4N8O2. The Morgan fingerprint density at radius 3 is 2.73 bits per heavy atom. The van der Waals surface area contributed by atoms with E-state index in [-0.39, 0.29) is 35.8 Å². The molecule has 2 fully saturated rings. The summed E-state index contributed by atoms with van der Waals surface area (Å²) in [5.74, 6) is -4.98. The van der Waals surface area contributed by atoms with Crippen molar-refractivity contribution in [2.75, 3.05) is 24.3 Å². The third kappa shape index (κ3) is 4.01. The zero-order chi connectivity index (χ0) is 28.4. The average Bonchev–Trinajstić information content (AvgIpc) is 3.42. The minimum absolute atomic E-state index is 0.0378. The number of alkyl halides is 2. The molecule has 0 amide bonds. The molecule has 1 aromatic carbocycles. The fourth-order valence-electron chi connectivity index (χ4n) is 5.92. The Labute approximate surface area is 225 Å². The van der Waals surface area contributed by atoms with Crippen LogP contribution in [0.2, 0.25) is 0 Å². The van der Waals surface area contributed by atoms with Crippen LogP contribution in [0.1, 0.15) is 25.0 Å². The van der Waals surface area contributed by atoms with Crippen LogP contribution in [0.3, 0.4) is 0 Å². The predicted octanol–water partition coefficient (Wildman–Crippen LogP) is 2.87. The normalized spacial score (nSPS) is 23.9. The Hall–Kier alpha value is -4.04. The highest BCUT2D eigenvalue weighted by atomic mass is 19.3. The molecule has 2 aliphatic rings. The summed E-state index contributed by atoms with van der Waals surface area (Å²) in [4.78, 5) is 18.9. The number of halogens is 4.